The van der Waals surface area contributed by atoms with Crippen molar-refractivity contribution in [1.29, 1.82) is 0 Å². The number of hydrogen-bond donors (Lipinski definition) is 2. The first-order chi connectivity index (χ1) is 19.2. The molecular weight excluding hydrogens is 522 g/mol. The van der Waals surface area contributed by atoms with Crippen LogP contribution in [-0.4, -0.2) is 91.5 Å². The maximum absolute atomic E-state index is 14.9. The van der Waals surface area contributed by atoms with Crippen molar-refractivity contribution in [3.05, 3.63) is 60.3 Å². The lowest BCUT2D eigenvalue weighted by molar-refractivity contribution is -0.140. The zero-order chi connectivity index (χ0) is 28.4. The first kappa shape index (κ1) is 27.2. The fraction of sp³-hybridized carbons (Fsp3) is 0.333. The molecule has 1 saturated heterocycles. The number of hydrogen-bond acceptors (Lipinski definition) is 9. The number of amides is 2. The van der Waals surface area contributed by atoms with Crippen LogP contribution in [0.15, 0.2) is 54.7 Å². The summed E-state index contributed by atoms with van der Waals surface area (Å²) < 4.78 is 35.3. The van der Waals surface area contributed by atoms with Crippen LogP contribution in [0.25, 0.3) is 0 Å². The molecule has 1 fully saturated rings. The molecule has 40 heavy (non-hydrogen) atoms. The van der Waals surface area contributed by atoms with Crippen molar-refractivity contribution in [2.45, 2.75) is 5.92 Å². The number of aromatic nitrogens is 2. The Morgan fingerprint density at radius 1 is 1.05 bits per heavy atom. The van der Waals surface area contributed by atoms with Crippen molar-refractivity contribution >= 4 is 40.6 Å². The number of rotatable bonds is 6. The summed E-state index contributed by atoms with van der Waals surface area (Å²) in [6, 6.07) is 13.4. The number of fused-ring (bicyclic) bond motifs is 1. The lowest BCUT2D eigenvalue weighted by atomic mass is 10.1. The number of para-hydroxylation sites is 1. The topological polar surface area (TPSA) is 106 Å². The number of ether oxygens (including phenoxy) is 1. The van der Waals surface area contributed by atoms with E-state index in [2.05, 4.69) is 25.6 Å². The van der Waals surface area contributed by atoms with Crippen LogP contribution in [-0.2, 0) is 4.79 Å². The van der Waals surface area contributed by atoms with Crippen LogP contribution in [0.4, 0.5) is 37.6 Å². The molecule has 11 nitrogen and oxygen atoms in total. The van der Waals surface area contributed by atoms with Crippen molar-refractivity contribution in [3.63, 3.8) is 0 Å². The SMILES string of the molecule is COc1cc(C(=O)NN2CCN(C)CC2)ccc1Nc1ncc2c(n1)N(c1ccccc1)CC(F)(F)C(=O)N2C. The van der Waals surface area contributed by atoms with Crippen LogP contribution in [0.2, 0.25) is 0 Å². The van der Waals surface area contributed by atoms with E-state index in [4.69, 9.17) is 4.74 Å². The van der Waals surface area contributed by atoms with E-state index in [-0.39, 0.29) is 23.4 Å². The minimum absolute atomic E-state index is 0.0960. The molecule has 0 spiro atoms. The summed E-state index contributed by atoms with van der Waals surface area (Å²) in [6.07, 6.45) is 1.32. The quantitative estimate of drug-likeness (QED) is 0.478. The van der Waals surface area contributed by atoms with E-state index in [1.807, 2.05) is 12.1 Å². The number of piperazine rings is 1. The Hall–Kier alpha value is -4.36. The lowest BCUT2D eigenvalue weighted by Crippen LogP contribution is -2.52. The Bertz CT molecular complexity index is 1400. The van der Waals surface area contributed by atoms with Crippen molar-refractivity contribution in [2.24, 2.45) is 0 Å². The third-order valence-corrected chi connectivity index (χ3v) is 6.88. The summed E-state index contributed by atoms with van der Waals surface area (Å²) in [7, 11) is 4.78. The molecule has 3 heterocycles. The standard InChI is InChI=1S/C27H30F2N8O3/c1-34-11-13-36(14-12-34)33-24(38)18-9-10-20(22(15-18)40-3)31-26-30-16-21-23(32-26)37(19-7-5-4-6-8-19)17-27(28,29)25(39)35(21)2/h4-10,15-16H,11-14,17H2,1-3H3,(H,33,38)(H,30,31,32). The van der Waals surface area contributed by atoms with Gasteiger partial charge in [0.25, 0.3) is 11.8 Å². The second-order valence-corrected chi connectivity index (χ2v) is 9.66. The van der Waals surface area contributed by atoms with E-state index in [0.29, 0.717) is 22.7 Å². The highest BCUT2D eigenvalue weighted by Crippen LogP contribution is 2.40. The molecule has 0 radical (unpaired) electrons. The third-order valence-electron chi connectivity index (χ3n) is 6.88. The maximum atomic E-state index is 14.9. The van der Waals surface area contributed by atoms with Crippen LogP contribution in [0, 0.1) is 0 Å². The monoisotopic (exact) mass is 552 g/mol. The molecule has 2 amide bonds. The molecule has 210 valence electrons. The van der Waals surface area contributed by atoms with E-state index in [1.54, 1.807) is 48.5 Å². The molecule has 5 rings (SSSR count). The minimum atomic E-state index is -3.65. The normalized spacial score (nSPS) is 17.7. The second-order valence-electron chi connectivity index (χ2n) is 9.66. The molecule has 2 N–H and O–H groups in total. The summed E-state index contributed by atoms with van der Waals surface area (Å²) in [5.74, 6) is -4.66. The van der Waals surface area contributed by atoms with E-state index in [1.165, 1.54) is 25.3 Å². The Labute approximate surface area is 230 Å². The van der Waals surface area contributed by atoms with Gasteiger partial charge >= 0.3 is 5.92 Å². The molecule has 2 aliphatic heterocycles. The van der Waals surface area contributed by atoms with Gasteiger partial charge in [-0.25, -0.2) is 9.99 Å². The summed E-state index contributed by atoms with van der Waals surface area (Å²) in [5, 5.41) is 4.94. The van der Waals surface area contributed by atoms with Gasteiger partial charge in [-0.15, -0.1) is 0 Å². The van der Waals surface area contributed by atoms with Crippen LogP contribution in [0.5, 0.6) is 5.75 Å². The highest BCUT2D eigenvalue weighted by molar-refractivity contribution is 6.02. The molecule has 0 aliphatic carbocycles. The van der Waals surface area contributed by atoms with Crippen molar-refractivity contribution in [3.8, 4) is 5.75 Å². The Kier molecular flexibility index (Phi) is 7.50. The zero-order valence-corrected chi connectivity index (χ0v) is 22.4. The molecule has 2 aliphatic rings. The molecule has 2 aromatic carbocycles. The number of nitrogens with zero attached hydrogens (tertiary/aromatic N) is 6. The van der Waals surface area contributed by atoms with Gasteiger partial charge in [-0.2, -0.15) is 13.8 Å². The van der Waals surface area contributed by atoms with Crippen molar-refractivity contribution in [1.82, 2.24) is 25.3 Å². The van der Waals surface area contributed by atoms with Gasteiger partial charge in [0, 0.05) is 44.5 Å². The average molecular weight is 553 g/mol. The van der Waals surface area contributed by atoms with E-state index in [0.717, 1.165) is 31.1 Å². The highest BCUT2D eigenvalue weighted by Gasteiger charge is 2.47. The number of likely N-dealkylation sites (N-methyl/N-ethyl adjacent to an activating group) is 1. The van der Waals surface area contributed by atoms with Gasteiger partial charge in [-0.3, -0.25) is 15.0 Å². The number of nitrogens with one attached hydrogen (secondary N) is 2. The molecule has 1 aromatic heterocycles. The fourth-order valence-electron chi connectivity index (χ4n) is 4.56. The smallest absolute Gasteiger partial charge is 0.342 e. The van der Waals surface area contributed by atoms with Gasteiger partial charge in [0.2, 0.25) is 5.95 Å². The lowest BCUT2D eigenvalue weighted by Gasteiger charge is -2.32. The first-order valence-electron chi connectivity index (χ1n) is 12.7. The maximum Gasteiger partial charge on any atom is 0.342 e. The van der Waals surface area contributed by atoms with Gasteiger partial charge in [0.15, 0.2) is 5.82 Å². The Balaban J connectivity index is 1.42. The summed E-state index contributed by atoms with van der Waals surface area (Å²) in [5.41, 5.74) is 4.38. The van der Waals surface area contributed by atoms with Crippen molar-refractivity contribution in [2.75, 3.05) is 69.0 Å². The largest absolute Gasteiger partial charge is 0.495 e. The predicted molar refractivity (Wildman–Crippen MR) is 147 cm³/mol. The first-order valence-corrected chi connectivity index (χ1v) is 12.7. The van der Waals surface area contributed by atoms with Gasteiger partial charge < -0.3 is 24.8 Å². The Morgan fingerprint density at radius 3 is 2.48 bits per heavy atom. The van der Waals surface area contributed by atoms with Crippen LogP contribution in [0.3, 0.4) is 0 Å². The summed E-state index contributed by atoms with van der Waals surface area (Å²) in [6.45, 7) is 2.28. The second kappa shape index (κ2) is 11.0. The van der Waals surface area contributed by atoms with Crippen molar-refractivity contribution < 1.29 is 23.1 Å². The molecular formula is C27H30F2N8O3. The van der Waals surface area contributed by atoms with E-state index in [9.17, 15) is 18.4 Å². The molecule has 13 heteroatoms. The van der Waals surface area contributed by atoms with Gasteiger partial charge in [-0.1, -0.05) is 18.2 Å². The number of anilines is 5. The summed E-state index contributed by atoms with van der Waals surface area (Å²) >= 11 is 0. The number of benzene rings is 2. The third kappa shape index (κ3) is 5.51. The molecule has 0 atom stereocenters. The number of halogens is 2. The van der Waals surface area contributed by atoms with Gasteiger partial charge in [-0.05, 0) is 37.4 Å². The number of methoxy groups -OCH3 is 1. The number of hydrazine groups is 1. The number of carbonyl (C=O) groups is 2. The molecule has 0 unspecified atom stereocenters. The van der Waals surface area contributed by atoms with E-state index >= 15 is 0 Å². The highest BCUT2D eigenvalue weighted by atomic mass is 19.3. The predicted octanol–water partition coefficient (Wildman–Crippen LogP) is 2.87. The van der Waals surface area contributed by atoms with Crippen LogP contribution < -0.4 is 25.3 Å². The van der Waals surface area contributed by atoms with Gasteiger partial charge in [0.1, 0.15) is 11.4 Å². The minimum Gasteiger partial charge on any atom is -0.495 e. The van der Waals surface area contributed by atoms with E-state index < -0.39 is 18.4 Å². The van der Waals surface area contributed by atoms with Gasteiger partial charge in [0.05, 0.1) is 25.5 Å². The fourth-order valence-corrected chi connectivity index (χ4v) is 4.56. The van der Waals surface area contributed by atoms with Crippen LogP contribution >= 0.6 is 0 Å². The summed E-state index contributed by atoms with van der Waals surface area (Å²) in [4.78, 5) is 38.5. The average Bonchev–Trinajstić information content (AvgIpc) is 3.03. The number of alkyl halides is 2. The molecule has 0 bridgehead atoms. The number of carbonyl (C=O) groups excluding carboxylic acids is 2. The molecule has 3 aromatic rings. The Morgan fingerprint density at radius 2 is 1.77 bits per heavy atom. The molecule has 0 saturated carbocycles. The zero-order valence-electron chi connectivity index (χ0n) is 22.4. The van der Waals surface area contributed by atoms with Crippen LogP contribution in [0.1, 0.15) is 10.4 Å².